The van der Waals surface area contributed by atoms with E-state index < -0.39 is 0 Å². The molecule has 2 aliphatic carbocycles. The number of aromatic nitrogens is 1. The average Bonchev–Trinajstić information content (AvgIpc) is 2.85. The monoisotopic (exact) mass is 605 g/mol. The van der Waals surface area contributed by atoms with Gasteiger partial charge in [0.2, 0.25) is 5.88 Å². The van der Waals surface area contributed by atoms with E-state index in [-0.39, 0.29) is 22.6 Å². The van der Waals surface area contributed by atoms with Crippen molar-refractivity contribution in [3.8, 4) is 11.6 Å². The predicted octanol–water partition coefficient (Wildman–Crippen LogP) is 6.42. The normalized spacial score (nSPS) is 23.5. The molecule has 1 aromatic heterocycles. The molecule has 2 fully saturated rings. The molecule has 43 heavy (non-hydrogen) atoms. The van der Waals surface area contributed by atoms with Gasteiger partial charge in [-0.3, -0.25) is 0 Å². The van der Waals surface area contributed by atoms with Crippen LogP contribution in [0.15, 0.2) is 18.3 Å². The zero-order chi connectivity index (χ0) is 31.7. The minimum absolute atomic E-state index is 0.00665. The SMILES string of the molecule is CC(C)[C@@H](C)COc1ccc(O[C@H]2C[C@@H](NC(C)(C)CC(C)(C)COCCO[C@H]3C[C@H](OCCNC(C)(C)C)C3)C2)nc1. The third-order valence-electron chi connectivity index (χ3n) is 8.49. The summed E-state index contributed by atoms with van der Waals surface area (Å²) in [5.41, 5.74) is 0.208. The van der Waals surface area contributed by atoms with Gasteiger partial charge in [0, 0.05) is 29.7 Å². The molecule has 2 saturated carbocycles. The summed E-state index contributed by atoms with van der Waals surface area (Å²) in [7, 11) is 0. The van der Waals surface area contributed by atoms with Gasteiger partial charge in [0.15, 0.2) is 0 Å². The van der Waals surface area contributed by atoms with Crippen LogP contribution in [0.5, 0.6) is 11.6 Å². The van der Waals surface area contributed by atoms with E-state index in [2.05, 4.69) is 84.9 Å². The molecule has 8 heteroatoms. The second-order valence-corrected chi connectivity index (χ2v) is 15.8. The van der Waals surface area contributed by atoms with Crippen LogP contribution in [0.25, 0.3) is 0 Å². The van der Waals surface area contributed by atoms with Crippen molar-refractivity contribution in [3.63, 3.8) is 0 Å². The number of ether oxygens (including phenoxy) is 5. The van der Waals surface area contributed by atoms with Gasteiger partial charge < -0.3 is 34.3 Å². The highest BCUT2D eigenvalue weighted by Gasteiger charge is 2.37. The molecule has 2 N–H and O–H groups in total. The Morgan fingerprint density at radius 2 is 1.53 bits per heavy atom. The number of nitrogens with zero attached hydrogens (tertiary/aromatic N) is 1. The Labute approximate surface area is 262 Å². The fourth-order valence-corrected chi connectivity index (χ4v) is 5.81. The van der Waals surface area contributed by atoms with Crippen molar-refractivity contribution >= 4 is 0 Å². The Kier molecular flexibility index (Phi) is 13.6. The molecule has 0 saturated heterocycles. The van der Waals surface area contributed by atoms with E-state index in [1.54, 1.807) is 6.20 Å². The van der Waals surface area contributed by atoms with Crippen LogP contribution in [0, 0.1) is 17.3 Å². The molecule has 0 amide bonds. The van der Waals surface area contributed by atoms with Crippen molar-refractivity contribution in [1.82, 2.24) is 15.6 Å². The molecule has 0 bridgehead atoms. The zero-order valence-corrected chi connectivity index (χ0v) is 29.0. The first-order chi connectivity index (χ1) is 20.1. The van der Waals surface area contributed by atoms with E-state index in [9.17, 15) is 0 Å². The molecule has 248 valence electrons. The maximum absolute atomic E-state index is 6.11. The quantitative estimate of drug-likeness (QED) is 0.165. The van der Waals surface area contributed by atoms with Crippen molar-refractivity contribution < 1.29 is 23.7 Å². The number of hydrogen-bond acceptors (Lipinski definition) is 8. The largest absolute Gasteiger partial charge is 0.492 e. The Balaban J connectivity index is 1.22. The van der Waals surface area contributed by atoms with E-state index in [0.29, 0.717) is 55.8 Å². The third kappa shape index (κ3) is 14.0. The molecule has 2 aliphatic rings. The van der Waals surface area contributed by atoms with Gasteiger partial charge in [-0.1, -0.05) is 34.6 Å². The number of nitrogens with one attached hydrogen (secondary N) is 2. The van der Waals surface area contributed by atoms with Crippen LogP contribution in [0.3, 0.4) is 0 Å². The molecule has 3 rings (SSSR count). The van der Waals surface area contributed by atoms with Crippen molar-refractivity contribution in [2.45, 2.75) is 137 Å². The molecule has 1 heterocycles. The second-order valence-electron chi connectivity index (χ2n) is 15.8. The van der Waals surface area contributed by atoms with Gasteiger partial charge in [-0.15, -0.1) is 0 Å². The van der Waals surface area contributed by atoms with Gasteiger partial charge in [0.1, 0.15) is 11.9 Å². The molecule has 0 aliphatic heterocycles. The lowest BCUT2D eigenvalue weighted by Crippen LogP contribution is -2.55. The van der Waals surface area contributed by atoms with Crippen molar-refractivity contribution in [2.75, 3.05) is 39.6 Å². The highest BCUT2D eigenvalue weighted by Crippen LogP contribution is 2.33. The van der Waals surface area contributed by atoms with Crippen molar-refractivity contribution in [2.24, 2.45) is 17.3 Å². The van der Waals surface area contributed by atoms with Gasteiger partial charge in [0.25, 0.3) is 0 Å². The summed E-state index contributed by atoms with van der Waals surface area (Å²) in [4.78, 5) is 4.46. The zero-order valence-electron chi connectivity index (χ0n) is 29.0. The average molecular weight is 606 g/mol. The lowest BCUT2D eigenvalue weighted by atomic mass is 9.78. The summed E-state index contributed by atoms with van der Waals surface area (Å²) in [6.45, 7) is 26.7. The molecule has 0 unspecified atom stereocenters. The van der Waals surface area contributed by atoms with Crippen molar-refractivity contribution in [1.29, 1.82) is 0 Å². The Morgan fingerprint density at radius 3 is 2.14 bits per heavy atom. The van der Waals surface area contributed by atoms with Gasteiger partial charge >= 0.3 is 0 Å². The number of pyridine rings is 1. The molecule has 0 spiro atoms. The summed E-state index contributed by atoms with van der Waals surface area (Å²) in [5, 5.41) is 7.31. The van der Waals surface area contributed by atoms with Crippen LogP contribution in [-0.4, -0.2) is 80.0 Å². The lowest BCUT2D eigenvalue weighted by Gasteiger charge is -2.43. The molecule has 0 radical (unpaired) electrons. The van der Waals surface area contributed by atoms with Crippen molar-refractivity contribution in [3.05, 3.63) is 18.3 Å². The van der Waals surface area contributed by atoms with E-state index in [1.165, 1.54) is 0 Å². The fraction of sp³-hybridized carbons (Fsp3) is 0.857. The van der Waals surface area contributed by atoms with Crippen LogP contribution in [0.2, 0.25) is 0 Å². The van der Waals surface area contributed by atoms with Gasteiger partial charge in [-0.2, -0.15) is 0 Å². The van der Waals surface area contributed by atoms with Crippen LogP contribution in [0.1, 0.15) is 101 Å². The standard InChI is InChI=1S/C35H63N3O5/c1-25(2)26(3)22-42-28-11-12-32(36-21-28)43-31-17-27(18-31)38-35(9,10)23-34(7,8)24-39-15-16-41-30-19-29(20-30)40-14-13-37-33(4,5)6/h11-12,21,25-27,29-31,37-38H,13-20,22-24H2,1-10H3/t26-,27-,29-,30-,31+/m0/s1. The highest BCUT2D eigenvalue weighted by atomic mass is 16.5. The summed E-state index contributed by atoms with van der Waals surface area (Å²) >= 11 is 0. The number of rotatable bonds is 20. The Hall–Kier alpha value is -1.45. The lowest BCUT2D eigenvalue weighted by molar-refractivity contribution is -0.111. The summed E-state index contributed by atoms with van der Waals surface area (Å²) in [5.74, 6) is 2.58. The van der Waals surface area contributed by atoms with Gasteiger partial charge in [-0.25, -0.2) is 4.98 Å². The third-order valence-corrected chi connectivity index (χ3v) is 8.49. The molecule has 1 atom stereocenters. The summed E-state index contributed by atoms with van der Waals surface area (Å²) in [6, 6.07) is 4.32. The first-order valence-electron chi connectivity index (χ1n) is 16.7. The molecular formula is C35H63N3O5. The smallest absolute Gasteiger partial charge is 0.213 e. The minimum Gasteiger partial charge on any atom is -0.492 e. The molecular weight excluding hydrogens is 542 g/mol. The highest BCUT2D eigenvalue weighted by molar-refractivity contribution is 5.23. The molecule has 8 nitrogen and oxygen atoms in total. The summed E-state index contributed by atoms with van der Waals surface area (Å²) < 4.78 is 29.9. The van der Waals surface area contributed by atoms with Crippen LogP contribution in [-0.2, 0) is 14.2 Å². The minimum atomic E-state index is 0.00665. The topological polar surface area (TPSA) is 83.1 Å². The number of hydrogen-bond donors (Lipinski definition) is 2. The van der Waals surface area contributed by atoms with Crippen LogP contribution >= 0.6 is 0 Å². The Morgan fingerprint density at radius 1 is 0.860 bits per heavy atom. The maximum atomic E-state index is 6.11. The van der Waals surface area contributed by atoms with E-state index in [1.807, 2.05) is 12.1 Å². The van der Waals surface area contributed by atoms with E-state index >= 15 is 0 Å². The second kappa shape index (κ2) is 16.2. The first-order valence-corrected chi connectivity index (χ1v) is 16.7. The van der Waals surface area contributed by atoms with E-state index in [0.717, 1.165) is 57.6 Å². The molecule has 0 aromatic carbocycles. The maximum Gasteiger partial charge on any atom is 0.213 e. The summed E-state index contributed by atoms with van der Waals surface area (Å²) in [6.07, 6.45) is 7.60. The van der Waals surface area contributed by atoms with Crippen LogP contribution in [0.4, 0.5) is 0 Å². The Bertz CT molecular complexity index is 918. The van der Waals surface area contributed by atoms with E-state index in [4.69, 9.17) is 23.7 Å². The molecule has 1 aromatic rings. The van der Waals surface area contributed by atoms with Crippen LogP contribution < -0.4 is 20.1 Å². The van der Waals surface area contributed by atoms with Gasteiger partial charge in [-0.05, 0) is 90.0 Å². The van der Waals surface area contributed by atoms with Gasteiger partial charge in [0.05, 0.1) is 51.4 Å². The predicted molar refractivity (Wildman–Crippen MR) is 174 cm³/mol. The fourth-order valence-electron chi connectivity index (χ4n) is 5.81. The first kappa shape index (κ1) is 36.0.